The normalized spacial score (nSPS) is 18.2. The Morgan fingerprint density at radius 3 is 2.71 bits per heavy atom. The maximum absolute atomic E-state index is 12.1. The topological polar surface area (TPSA) is 58.6 Å². The number of sulfonamides is 1. The predicted octanol–water partition coefficient (Wildman–Crippen LogP) is 2.15. The number of hydrogen-bond acceptors (Lipinski definition) is 5. The van der Waals surface area contributed by atoms with E-state index in [2.05, 4.69) is 25.6 Å². The third-order valence-electron chi connectivity index (χ3n) is 3.69. The highest BCUT2D eigenvalue weighted by Crippen LogP contribution is 2.26. The highest BCUT2D eigenvalue weighted by molar-refractivity contribution is 9.11. The van der Waals surface area contributed by atoms with Crippen molar-refractivity contribution in [2.45, 2.75) is 17.1 Å². The van der Waals surface area contributed by atoms with Gasteiger partial charge in [0.2, 0.25) is 10.0 Å². The molecule has 1 saturated heterocycles. The van der Waals surface area contributed by atoms with Crippen LogP contribution in [0.5, 0.6) is 0 Å². The van der Waals surface area contributed by atoms with Crippen LogP contribution in [0.1, 0.15) is 12.8 Å². The number of piperidine rings is 1. The monoisotopic (exact) mass is 396 g/mol. The van der Waals surface area contributed by atoms with Crippen LogP contribution in [0, 0.1) is 5.92 Å². The van der Waals surface area contributed by atoms with Crippen LogP contribution in [0.3, 0.4) is 0 Å². The first-order valence-corrected chi connectivity index (χ1v) is 10.1. The van der Waals surface area contributed by atoms with Gasteiger partial charge in [-0.15, -0.1) is 11.3 Å². The average molecular weight is 397 g/mol. The molecule has 0 unspecified atom stereocenters. The fourth-order valence-electron chi connectivity index (χ4n) is 2.38. The molecule has 8 heteroatoms. The molecule has 5 nitrogen and oxygen atoms in total. The van der Waals surface area contributed by atoms with Crippen molar-refractivity contribution in [3.63, 3.8) is 0 Å². The number of methoxy groups -OCH3 is 1. The van der Waals surface area contributed by atoms with Crippen molar-refractivity contribution in [1.82, 2.24) is 9.62 Å². The van der Waals surface area contributed by atoms with Crippen LogP contribution < -0.4 is 4.72 Å². The number of ether oxygens (including phenoxy) is 1. The number of halogens is 1. The zero-order valence-electron chi connectivity index (χ0n) is 12.0. The Morgan fingerprint density at radius 2 is 2.14 bits per heavy atom. The molecular weight excluding hydrogens is 376 g/mol. The molecule has 0 atom stereocenters. The molecule has 0 saturated carbocycles. The van der Waals surface area contributed by atoms with E-state index in [9.17, 15) is 8.42 Å². The van der Waals surface area contributed by atoms with E-state index in [0.29, 0.717) is 16.7 Å². The lowest BCUT2D eigenvalue weighted by Crippen LogP contribution is -2.39. The highest BCUT2D eigenvalue weighted by Gasteiger charge is 2.22. The zero-order chi connectivity index (χ0) is 15.3. The summed E-state index contributed by atoms with van der Waals surface area (Å²) in [7, 11) is -1.65. The van der Waals surface area contributed by atoms with E-state index in [4.69, 9.17) is 4.74 Å². The second-order valence-corrected chi connectivity index (χ2v) is 9.65. The minimum absolute atomic E-state index is 0.368. The first-order valence-electron chi connectivity index (χ1n) is 6.97. The Morgan fingerprint density at radius 1 is 1.43 bits per heavy atom. The molecule has 1 aromatic rings. The minimum atomic E-state index is -3.36. The highest BCUT2D eigenvalue weighted by atomic mass is 79.9. The Bertz CT molecular complexity index is 539. The van der Waals surface area contributed by atoms with E-state index in [0.717, 1.165) is 42.9 Å². The standard InChI is InChI=1S/C13H21BrN2O3S2/c1-19-9-8-16-6-4-11(5-7-16)10-15-21(17,18)13-3-2-12(14)20-13/h2-3,11,15H,4-10H2,1H3. The summed E-state index contributed by atoms with van der Waals surface area (Å²) in [6.07, 6.45) is 2.06. The van der Waals surface area contributed by atoms with Gasteiger partial charge in [-0.05, 0) is 59.9 Å². The number of likely N-dealkylation sites (tertiary alicyclic amines) is 1. The summed E-state index contributed by atoms with van der Waals surface area (Å²) in [4.78, 5) is 2.37. The number of rotatable bonds is 7. The number of thiophene rings is 1. The summed E-state index contributed by atoms with van der Waals surface area (Å²) >= 11 is 4.52. The predicted molar refractivity (Wildman–Crippen MR) is 88.2 cm³/mol. The summed E-state index contributed by atoms with van der Waals surface area (Å²) in [6, 6.07) is 3.39. The van der Waals surface area contributed by atoms with Crippen LogP contribution in [-0.2, 0) is 14.8 Å². The SMILES string of the molecule is COCCN1CCC(CNS(=O)(=O)c2ccc(Br)s2)CC1. The van der Waals surface area contributed by atoms with E-state index in [1.54, 1.807) is 19.2 Å². The van der Waals surface area contributed by atoms with Gasteiger partial charge >= 0.3 is 0 Å². The average Bonchev–Trinajstić information content (AvgIpc) is 2.91. The lowest BCUT2D eigenvalue weighted by molar-refractivity contribution is 0.121. The minimum Gasteiger partial charge on any atom is -0.383 e. The fourth-order valence-corrected chi connectivity index (χ4v) is 5.55. The van der Waals surface area contributed by atoms with E-state index in [-0.39, 0.29) is 0 Å². The quantitative estimate of drug-likeness (QED) is 0.766. The van der Waals surface area contributed by atoms with Crippen molar-refractivity contribution >= 4 is 37.3 Å². The van der Waals surface area contributed by atoms with Gasteiger partial charge in [0.15, 0.2) is 0 Å². The number of hydrogen-bond donors (Lipinski definition) is 1. The Balaban J connectivity index is 1.77. The second kappa shape index (κ2) is 8.03. The van der Waals surface area contributed by atoms with Crippen LogP contribution in [0.15, 0.2) is 20.1 Å². The van der Waals surface area contributed by atoms with E-state index in [1.807, 2.05) is 0 Å². The summed E-state index contributed by atoms with van der Waals surface area (Å²) in [5.74, 6) is 0.418. The smallest absolute Gasteiger partial charge is 0.250 e. The molecule has 0 bridgehead atoms. The molecule has 21 heavy (non-hydrogen) atoms. The molecule has 1 aliphatic heterocycles. The third kappa shape index (κ3) is 5.30. The molecule has 0 aliphatic carbocycles. The van der Waals surface area contributed by atoms with Gasteiger partial charge < -0.3 is 9.64 Å². The van der Waals surface area contributed by atoms with Crippen molar-refractivity contribution in [2.75, 3.05) is 39.9 Å². The Labute approximate surface area is 138 Å². The van der Waals surface area contributed by atoms with Gasteiger partial charge in [-0.1, -0.05) is 0 Å². The van der Waals surface area contributed by atoms with Gasteiger partial charge in [0.1, 0.15) is 4.21 Å². The van der Waals surface area contributed by atoms with Crippen molar-refractivity contribution < 1.29 is 13.2 Å². The van der Waals surface area contributed by atoms with Crippen LogP contribution in [0.4, 0.5) is 0 Å². The van der Waals surface area contributed by atoms with Crippen molar-refractivity contribution in [3.8, 4) is 0 Å². The summed E-state index contributed by atoms with van der Waals surface area (Å²) in [6.45, 7) is 4.26. The summed E-state index contributed by atoms with van der Waals surface area (Å²) in [5.41, 5.74) is 0. The van der Waals surface area contributed by atoms with Gasteiger partial charge in [0, 0.05) is 20.2 Å². The maximum atomic E-state index is 12.1. The van der Waals surface area contributed by atoms with Gasteiger partial charge in [0.25, 0.3) is 0 Å². The van der Waals surface area contributed by atoms with Crippen molar-refractivity contribution in [3.05, 3.63) is 15.9 Å². The molecule has 1 N–H and O–H groups in total. The summed E-state index contributed by atoms with van der Waals surface area (Å²) in [5, 5.41) is 0. The van der Waals surface area contributed by atoms with Crippen LogP contribution >= 0.6 is 27.3 Å². The van der Waals surface area contributed by atoms with E-state index >= 15 is 0 Å². The van der Waals surface area contributed by atoms with Gasteiger partial charge in [-0.2, -0.15) is 0 Å². The van der Waals surface area contributed by atoms with E-state index < -0.39 is 10.0 Å². The lowest BCUT2D eigenvalue weighted by Gasteiger charge is -2.31. The number of nitrogens with zero attached hydrogens (tertiary/aromatic N) is 1. The maximum Gasteiger partial charge on any atom is 0.250 e. The molecule has 0 aromatic carbocycles. The Hall–Kier alpha value is 0.01000. The first-order chi connectivity index (χ1) is 10.0. The molecule has 1 aliphatic rings. The number of nitrogens with one attached hydrogen (secondary N) is 1. The van der Waals surface area contributed by atoms with Crippen molar-refractivity contribution in [2.24, 2.45) is 5.92 Å². The van der Waals surface area contributed by atoms with Gasteiger partial charge in [-0.3, -0.25) is 0 Å². The molecule has 1 fully saturated rings. The van der Waals surface area contributed by atoms with Gasteiger partial charge in [0.05, 0.1) is 10.4 Å². The van der Waals surface area contributed by atoms with Crippen molar-refractivity contribution in [1.29, 1.82) is 0 Å². The largest absolute Gasteiger partial charge is 0.383 e. The molecule has 0 radical (unpaired) electrons. The molecule has 2 heterocycles. The van der Waals surface area contributed by atoms with Crippen LogP contribution in [0.25, 0.3) is 0 Å². The molecule has 120 valence electrons. The third-order valence-corrected chi connectivity index (χ3v) is 7.23. The molecular formula is C13H21BrN2O3S2. The molecule has 0 spiro atoms. The molecule has 2 rings (SSSR count). The first kappa shape index (κ1) is 17.4. The lowest BCUT2D eigenvalue weighted by atomic mass is 9.97. The van der Waals surface area contributed by atoms with Crippen LogP contribution in [0.2, 0.25) is 0 Å². The van der Waals surface area contributed by atoms with E-state index in [1.165, 1.54) is 11.3 Å². The molecule has 0 amide bonds. The van der Waals surface area contributed by atoms with Gasteiger partial charge in [-0.25, -0.2) is 13.1 Å². The second-order valence-electron chi connectivity index (χ2n) is 5.19. The molecule has 1 aromatic heterocycles. The fraction of sp³-hybridized carbons (Fsp3) is 0.692. The van der Waals surface area contributed by atoms with Crippen LogP contribution in [-0.4, -0.2) is 53.2 Å². The summed E-state index contributed by atoms with van der Waals surface area (Å²) < 4.78 is 33.3. The Kier molecular flexibility index (Phi) is 6.64. The zero-order valence-corrected chi connectivity index (χ0v) is 15.3.